The molecule has 0 saturated carbocycles. The van der Waals surface area contributed by atoms with Crippen molar-refractivity contribution >= 4 is 22.8 Å². The molecule has 2 aromatic rings. The molecule has 5 heteroatoms. The SMILES string of the molecule is CCOc1ccccc1Nc1ncsc1C#N. The van der Waals surface area contributed by atoms with Crippen LogP contribution in [0.15, 0.2) is 29.8 Å². The summed E-state index contributed by atoms with van der Waals surface area (Å²) in [7, 11) is 0. The molecule has 2 rings (SSSR count). The summed E-state index contributed by atoms with van der Waals surface area (Å²) in [6.45, 7) is 2.53. The lowest BCUT2D eigenvalue weighted by Crippen LogP contribution is -1.98. The lowest BCUT2D eigenvalue weighted by molar-refractivity contribution is 0.342. The molecule has 1 N–H and O–H groups in total. The molecule has 0 aliphatic heterocycles. The molecule has 1 aromatic carbocycles. The maximum Gasteiger partial charge on any atom is 0.159 e. The van der Waals surface area contributed by atoms with Gasteiger partial charge in [0.1, 0.15) is 16.7 Å². The Bertz CT molecular complexity index is 545. The van der Waals surface area contributed by atoms with Gasteiger partial charge in [0.25, 0.3) is 0 Å². The maximum atomic E-state index is 8.91. The Morgan fingerprint density at radius 3 is 3.06 bits per heavy atom. The van der Waals surface area contributed by atoms with Crippen molar-refractivity contribution in [3.05, 3.63) is 34.7 Å². The Morgan fingerprint density at radius 1 is 1.47 bits per heavy atom. The zero-order valence-corrected chi connectivity index (χ0v) is 10.1. The predicted molar refractivity (Wildman–Crippen MR) is 67.7 cm³/mol. The average Bonchev–Trinajstić information content (AvgIpc) is 2.79. The van der Waals surface area contributed by atoms with Crippen LogP contribution in [0.4, 0.5) is 11.5 Å². The molecule has 0 spiro atoms. The molecule has 0 bridgehead atoms. The van der Waals surface area contributed by atoms with Crippen LogP contribution < -0.4 is 10.1 Å². The van der Waals surface area contributed by atoms with Crippen LogP contribution in [0.5, 0.6) is 5.75 Å². The minimum atomic E-state index is 0.566. The molecule has 86 valence electrons. The second-order valence-corrected chi connectivity index (χ2v) is 4.05. The van der Waals surface area contributed by atoms with Gasteiger partial charge in [0.05, 0.1) is 17.8 Å². The number of nitrogens with zero attached hydrogens (tertiary/aromatic N) is 2. The number of hydrogen-bond acceptors (Lipinski definition) is 5. The summed E-state index contributed by atoms with van der Waals surface area (Å²) in [5, 5.41) is 12.0. The second-order valence-electron chi connectivity index (χ2n) is 3.20. The van der Waals surface area contributed by atoms with Crippen LogP contribution in [0, 0.1) is 11.3 Å². The first kappa shape index (κ1) is 11.4. The van der Waals surface area contributed by atoms with Crippen molar-refractivity contribution in [1.29, 1.82) is 5.26 Å². The van der Waals surface area contributed by atoms with Crippen molar-refractivity contribution in [3.63, 3.8) is 0 Å². The highest BCUT2D eigenvalue weighted by Crippen LogP contribution is 2.29. The predicted octanol–water partition coefficient (Wildman–Crippen LogP) is 3.16. The standard InChI is InChI=1S/C12H11N3OS/c1-2-16-10-6-4-3-5-9(10)15-12-11(7-13)17-8-14-12/h3-6,8,15H,2H2,1H3. The first-order valence-corrected chi connectivity index (χ1v) is 6.05. The molecule has 0 fully saturated rings. The van der Waals surface area contributed by atoms with Crippen molar-refractivity contribution in [2.24, 2.45) is 0 Å². The van der Waals surface area contributed by atoms with Gasteiger partial charge >= 0.3 is 0 Å². The van der Waals surface area contributed by atoms with Crippen molar-refractivity contribution in [2.75, 3.05) is 11.9 Å². The van der Waals surface area contributed by atoms with Crippen LogP contribution in [-0.2, 0) is 0 Å². The Kier molecular flexibility index (Phi) is 3.58. The van der Waals surface area contributed by atoms with Gasteiger partial charge < -0.3 is 10.1 Å². The molecule has 0 unspecified atom stereocenters. The van der Waals surface area contributed by atoms with Gasteiger partial charge in [-0.3, -0.25) is 0 Å². The number of aromatic nitrogens is 1. The molecule has 1 aromatic heterocycles. The third-order valence-electron chi connectivity index (χ3n) is 2.11. The minimum Gasteiger partial charge on any atom is -0.492 e. The van der Waals surface area contributed by atoms with E-state index in [4.69, 9.17) is 10.00 Å². The highest BCUT2D eigenvalue weighted by atomic mass is 32.1. The number of benzene rings is 1. The van der Waals surface area contributed by atoms with Gasteiger partial charge in [0.15, 0.2) is 5.82 Å². The number of rotatable bonds is 4. The van der Waals surface area contributed by atoms with Crippen molar-refractivity contribution in [1.82, 2.24) is 4.98 Å². The molecule has 0 aliphatic rings. The van der Waals surface area contributed by atoms with Crippen LogP contribution in [0.3, 0.4) is 0 Å². The normalized spacial score (nSPS) is 9.65. The summed E-state index contributed by atoms with van der Waals surface area (Å²) in [4.78, 5) is 4.68. The van der Waals surface area contributed by atoms with Gasteiger partial charge in [0, 0.05) is 0 Å². The van der Waals surface area contributed by atoms with E-state index >= 15 is 0 Å². The van der Waals surface area contributed by atoms with Gasteiger partial charge in [0.2, 0.25) is 0 Å². The van der Waals surface area contributed by atoms with Crippen LogP contribution in [0.25, 0.3) is 0 Å². The van der Waals surface area contributed by atoms with Crippen LogP contribution in [0.1, 0.15) is 11.8 Å². The van der Waals surface area contributed by atoms with E-state index in [0.29, 0.717) is 17.3 Å². The number of anilines is 2. The Morgan fingerprint density at radius 2 is 2.29 bits per heavy atom. The van der Waals surface area contributed by atoms with Crippen molar-refractivity contribution < 1.29 is 4.74 Å². The Balaban J connectivity index is 2.27. The van der Waals surface area contributed by atoms with Gasteiger partial charge in [-0.15, -0.1) is 11.3 Å². The maximum absolute atomic E-state index is 8.91. The molecule has 0 saturated heterocycles. The zero-order valence-electron chi connectivity index (χ0n) is 9.30. The fourth-order valence-electron chi connectivity index (χ4n) is 1.39. The number of ether oxygens (including phenoxy) is 1. The van der Waals surface area contributed by atoms with Gasteiger partial charge in [-0.05, 0) is 19.1 Å². The van der Waals surface area contributed by atoms with Crippen LogP contribution >= 0.6 is 11.3 Å². The van der Waals surface area contributed by atoms with E-state index in [1.165, 1.54) is 11.3 Å². The van der Waals surface area contributed by atoms with E-state index in [1.807, 2.05) is 31.2 Å². The largest absolute Gasteiger partial charge is 0.492 e. The van der Waals surface area contributed by atoms with E-state index < -0.39 is 0 Å². The highest BCUT2D eigenvalue weighted by Gasteiger charge is 2.08. The summed E-state index contributed by atoms with van der Waals surface area (Å²) in [5.74, 6) is 1.33. The second kappa shape index (κ2) is 5.32. The molecule has 17 heavy (non-hydrogen) atoms. The van der Waals surface area contributed by atoms with Gasteiger partial charge in [-0.25, -0.2) is 4.98 Å². The quantitative estimate of drug-likeness (QED) is 0.898. The van der Waals surface area contributed by atoms with Crippen LogP contribution in [0.2, 0.25) is 0 Å². The van der Waals surface area contributed by atoms with Crippen LogP contribution in [-0.4, -0.2) is 11.6 Å². The summed E-state index contributed by atoms with van der Waals surface area (Å²) >= 11 is 1.31. The van der Waals surface area contributed by atoms with E-state index in [1.54, 1.807) is 5.51 Å². The van der Waals surface area contributed by atoms with Crippen molar-refractivity contribution in [3.8, 4) is 11.8 Å². The monoisotopic (exact) mass is 245 g/mol. The van der Waals surface area contributed by atoms with Gasteiger partial charge in [-0.1, -0.05) is 12.1 Å². The molecule has 0 atom stereocenters. The number of nitriles is 1. The first-order chi connectivity index (χ1) is 8.35. The molecule has 0 aliphatic carbocycles. The number of nitrogens with one attached hydrogen (secondary N) is 1. The third-order valence-corrected chi connectivity index (χ3v) is 2.84. The summed E-state index contributed by atoms with van der Waals surface area (Å²) in [5.41, 5.74) is 2.46. The number of hydrogen-bond donors (Lipinski definition) is 1. The molecular weight excluding hydrogens is 234 g/mol. The zero-order chi connectivity index (χ0) is 12.1. The number of thiazole rings is 1. The number of para-hydroxylation sites is 2. The molecule has 0 amide bonds. The fraction of sp³-hybridized carbons (Fsp3) is 0.167. The smallest absolute Gasteiger partial charge is 0.159 e. The van der Waals surface area contributed by atoms with E-state index in [2.05, 4.69) is 16.4 Å². The molecule has 4 nitrogen and oxygen atoms in total. The lowest BCUT2D eigenvalue weighted by atomic mass is 10.3. The van der Waals surface area contributed by atoms with Gasteiger partial charge in [-0.2, -0.15) is 5.26 Å². The first-order valence-electron chi connectivity index (χ1n) is 5.17. The van der Waals surface area contributed by atoms with E-state index in [0.717, 1.165) is 11.4 Å². The topological polar surface area (TPSA) is 57.9 Å². The van der Waals surface area contributed by atoms with E-state index in [9.17, 15) is 0 Å². The average molecular weight is 245 g/mol. The lowest BCUT2D eigenvalue weighted by Gasteiger charge is -2.10. The molecule has 1 heterocycles. The molecule has 0 radical (unpaired) electrons. The Labute approximate surface area is 103 Å². The van der Waals surface area contributed by atoms with Crippen molar-refractivity contribution in [2.45, 2.75) is 6.92 Å². The Hall–Kier alpha value is -2.06. The molecular formula is C12H11N3OS. The highest BCUT2D eigenvalue weighted by molar-refractivity contribution is 7.10. The fourth-order valence-corrected chi connectivity index (χ4v) is 1.92. The minimum absolute atomic E-state index is 0.566. The summed E-state index contributed by atoms with van der Waals surface area (Å²) in [6.07, 6.45) is 0. The third kappa shape index (κ3) is 2.55. The van der Waals surface area contributed by atoms with E-state index in [-0.39, 0.29) is 0 Å². The summed E-state index contributed by atoms with van der Waals surface area (Å²) < 4.78 is 5.49. The summed E-state index contributed by atoms with van der Waals surface area (Å²) in [6, 6.07) is 9.68.